The lowest BCUT2D eigenvalue weighted by atomic mass is 10.1. The second kappa shape index (κ2) is 6.15. The highest BCUT2D eigenvalue weighted by atomic mass is 16.3. The first kappa shape index (κ1) is 14.0. The Bertz CT molecular complexity index is 459. The highest BCUT2D eigenvalue weighted by Gasteiger charge is 2.26. The SMILES string of the molecule is Cc1ccc(C(=O)N2CCCCCC2CO)c(C)n1. The number of carbonyl (C=O) groups excluding carboxylic acids is 1. The van der Waals surface area contributed by atoms with Gasteiger partial charge in [-0.3, -0.25) is 9.78 Å². The average molecular weight is 262 g/mol. The number of carbonyl (C=O) groups is 1. The van der Waals surface area contributed by atoms with E-state index in [1.165, 1.54) is 0 Å². The third-order valence-corrected chi connectivity index (χ3v) is 3.80. The Kier molecular flexibility index (Phi) is 4.53. The molecule has 19 heavy (non-hydrogen) atoms. The Morgan fingerprint density at radius 1 is 1.37 bits per heavy atom. The van der Waals surface area contributed by atoms with Gasteiger partial charge in [-0.15, -0.1) is 0 Å². The van der Waals surface area contributed by atoms with Gasteiger partial charge >= 0.3 is 0 Å². The van der Waals surface area contributed by atoms with Crippen LogP contribution in [0.5, 0.6) is 0 Å². The number of nitrogens with zero attached hydrogens (tertiary/aromatic N) is 2. The monoisotopic (exact) mass is 262 g/mol. The molecular weight excluding hydrogens is 240 g/mol. The van der Waals surface area contributed by atoms with Crippen molar-refractivity contribution in [2.75, 3.05) is 13.2 Å². The van der Waals surface area contributed by atoms with E-state index in [0.717, 1.165) is 43.6 Å². The van der Waals surface area contributed by atoms with Crippen molar-refractivity contribution in [1.82, 2.24) is 9.88 Å². The van der Waals surface area contributed by atoms with E-state index in [-0.39, 0.29) is 18.6 Å². The summed E-state index contributed by atoms with van der Waals surface area (Å²) in [5, 5.41) is 9.49. The van der Waals surface area contributed by atoms with Gasteiger partial charge in [0.25, 0.3) is 5.91 Å². The van der Waals surface area contributed by atoms with Crippen molar-refractivity contribution < 1.29 is 9.90 Å². The molecule has 1 aliphatic heterocycles. The van der Waals surface area contributed by atoms with E-state index in [9.17, 15) is 9.90 Å². The van der Waals surface area contributed by atoms with Crippen LogP contribution in [0.4, 0.5) is 0 Å². The summed E-state index contributed by atoms with van der Waals surface area (Å²) < 4.78 is 0. The number of hydrogen-bond donors (Lipinski definition) is 1. The molecule has 2 heterocycles. The third-order valence-electron chi connectivity index (χ3n) is 3.80. The van der Waals surface area contributed by atoms with E-state index >= 15 is 0 Å². The molecule has 0 bridgehead atoms. The Hall–Kier alpha value is -1.42. The molecule has 0 spiro atoms. The summed E-state index contributed by atoms with van der Waals surface area (Å²) in [6.45, 7) is 4.57. The highest BCUT2D eigenvalue weighted by molar-refractivity contribution is 5.95. The van der Waals surface area contributed by atoms with Crippen LogP contribution < -0.4 is 0 Å². The molecule has 4 heteroatoms. The van der Waals surface area contributed by atoms with Crippen LogP contribution in [0.1, 0.15) is 47.4 Å². The zero-order valence-electron chi connectivity index (χ0n) is 11.7. The molecule has 1 aliphatic rings. The maximum Gasteiger partial charge on any atom is 0.256 e. The zero-order valence-corrected chi connectivity index (χ0v) is 11.7. The number of aromatic nitrogens is 1. The fraction of sp³-hybridized carbons (Fsp3) is 0.600. The summed E-state index contributed by atoms with van der Waals surface area (Å²) in [6.07, 6.45) is 4.12. The van der Waals surface area contributed by atoms with Gasteiger partial charge in [0, 0.05) is 12.2 Å². The maximum atomic E-state index is 12.6. The molecule has 0 saturated carbocycles. The first-order valence-electron chi connectivity index (χ1n) is 6.99. The summed E-state index contributed by atoms with van der Waals surface area (Å²) in [5.74, 6) is 0.00551. The van der Waals surface area contributed by atoms with Crippen molar-refractivity contribution in [2.45, 2.75) is 45.6 Å². The number of likely N-dealkylation sites (tertiary alicyclic amines) is 1. The summed E-state index contributed by atoms with van der Waals surface area (Å²) in [4.78, 5) is 18.8. The number of hydrogen-bond acceptors (Lipinski definition) is 3. The number of rotatable bonds is 2. The zero-order chi connectivity index (χ0) is 13.8. The first-order chi connectivity index (χ1) is 9.13. The van der Waals surface area contributed by atoms with Crippen molar-refractivity contribution in [3.8, 4) is 0 Å². The molecule has 1 atom stereocenters. The van der Waals surface area contributed by atoms with E-state index in [0.29, 0.717) is 5.56 Å². The van der Waals surface area contributed by atoms with Crippen LogP contribution >= 0.6 is 0 Å². The minimum Gasteiger partial charge on any atom is -0.394 e. The molecule has 0 aromatic carbocycles. The van der Waals surface area contributed by atoms with Gasteiger partial charge < -0.3 is 10.0 Å². The lowest BCUT2D eigenvalue weighted by Gasteiger charge is -2.29. The molecule has 0 radical (unpaired) electrons. The van der Waals surface area contributed by atoms with Crippen LogP contribution in [0, 0.1) is 13.8 Å². The van der Waals surface area contributed by atoms with Crippen molar-refractivity contribution in [3.05, 3.63) is 29.1 Å². The van der Waals surface area contributed by atoms with Crippen LogP contribution in [0.2, 0.25) is 0 Å². The maximum absolute atomic E-state index is 12.6. The first-order valence-corrected chi connectivity index (χ1v) is 6.99. The fourth-order valence-corrected chi connectivity index (χ4v) is 2.70. The van der Waals surface area contributed by atoms with Crippen molar-refractivity contribution in [1.29, 1.82) is 0 Å². The highest BCUT2D eigenvalue weighted by Crippen LogP contribution is 2.20. The number of aliphatic hydroxyl groups is 1. The third kappa shape index (κ3) is 3.13. The Morgan fingerprint density at radius 3 is 2.84 bits per heavy atom. The molecule has 1 saturated heterocycles. The van der Waals surface area contributed by atoms with Crippen molar-refractivity contribution in [3.63, 3.8) is 0 Å². The van der Waals surface area contributed by atoms with E-state index < -0.39 is 0 Å². The van der Waals surface area contributed by atoms with Gasteiger partial charge in [0.1, 0.15) is 0 Å². The minimum absolute atomic E-state index is 0.00551. The molecule has 1 aromatic rings. The van der Waals surface area contributed by atoms with Crippen LogP contribution in [-0.2, 0) is 0 Å². The molecular formula is C15H22N2O2. The fourth-order valence-electron chi connectivity index (χ4n) is 2.70. The molecule has 1 fully saturated rings. The molecule has 104 valence electrons. The lowest BCUT2D eigenvalue weighted by molar-refractivity contribution is 0.0598. The molecule has 1 aromatic heterocycles. The standard InChI is InChI=1S/C15H22N2O2/c1-11-7-8-14(12(2)16-11)15(19)17-9-5-3-4-6-13(17)10-18/h7-8,13,18H,3-6,9-10H2,1-2H3. The van der Waals surface area contributed by atoms with Crippen molar-refractivity contribution in [2.24, 2.45) is 0 Å². The number of pyridine rings is 1. The van der Waals surface area contributed by atoms with Crippen molar-refractivity contribution >= 4 is 5.91 Å². The average Bonchev–Trinajstić information content (AvgIpc) is 2.63. The summed E-state index contributed by atoms with van der Waals surface area (Å²) in [7, 11) is 0. The minimum atomic E-state index is -0.0456. The Labute approximate surface area is 114 Å². The second-order valence-electron chi connectivity index (χ2n) is 5.27. The second-order valence-corrected chi connectivity index (χ2v) is 5.27. The summed E-state index contributed by atoms with van der Waals surface area (Å²) in [6, 6.07) is 3.67. The van der Waals surface area contributed by atoms with Crippen LogP contribution in [0.25, 0.3) is 0 Å². The predicted molar refractivity (Wildman–Crippen MR) is 74.1 cm³/mol. The quantitative estimate of drug-likeness (QED) is 0.887. The topological polar surface area (TPSA) is 53.4 Å². The Balaban J connectivity index is 2.25. The molecule has 2 rings (SSSR count). The van der Waals surface area contributed by atoms with Crippen LogP contribution in [0.3, 0.4) is 0 Å². The summed E-state index contributed by atoms with van der Waals surface area (Å²) >= 11 is 0. The molecule has 1 unspecified atom stereocenters. The largest absolute Gasteiger partial charge is 0.394 e. The van der Waals surface area contributed by atoms with Gasteiger partial charge in [0.05, 0.1) is 23.9 Å². The lowest BCUT2D eigenvalue weighted by Crippen LogP contribution is -2.42. The number of aliphatic hydroxyl groups excluding tert-OH is 1. The van der Waals surface area contributed by atoms with Crippen LogP contribution in [0.15, 0.2) is 12.1 Å². The van der Waals surface area contributed by atoms with Gasteiger partial charge in [0.2, 0.25) is 0 Å². The van der Waals surface area contributed by atoms with E-state index in [1.54, 1.807) is 0 Å². The normalized spacial score (nSPS) is 20.2. The number of aryl methyl sites for hydroxylation is 2. The van der Waals surface area contributed by atoms with Gasteiger partial charge in [-0.25, -0.2) is 0 Å². The van der Waals surface area contributed by atoms with E-state index in [1.807, 2.05) is 30.9 Å². The van der Waals surface area contributed by atoms with E-state index in [4.69, 9.17) is 0 Å². The van der Waals surface area contributed by atoms with Gasteiger partial charge in [-0.05, 0) is 38.8 Å². The molecule has 4 nitrogen and oxygen atoms in total. The van der Waals surface area contributed by atoms with Gasteiger partial charge in [-0.1, -0.05) is 12.8 Å². The van der Waals surface area contributed by atoms with E-state index in [2.05, 4.69) is 4.98 Å². The molecule has 0 aliphatic carbocycles. The summed E-state index contributed by atoms with van der Waals surface area (Å²) in [5.41, 5.74) is 2.35. The molecule has 1 amide bonds. The van der Waals surface area contributed by atoms with Crippen LogP contribution in [-0.4, -0.2) is 40.1 Å². The van der Waals surface area contributed by atoms with Gasteiger partial charge in [-0.2, -0.15) is 0 Å². The number of amides is 1. The smallest absolute Gasteiger partial charge is 0.256 e. The Morgan fingerprint density at radius 2 is 2.16 bits per heavy atom. The van der Waals surface area contributed by atoms with Gasteiger partial charge in [0.15, 0.2) is 0 Å². The predicted octanol–water partition coefficient (Wildman–Crippen LogP) is 2.08. The molecule has 1 N–H and O–H groups in total.